The van der Waals surface area contributed by atoms with Gasteiger partial charge in [0.1, 0.15) is 0 Å². The van der Waals surface area contributed by atoms with Crippen LogP contribution in [0.25, 0.3) is 0 Å². The summed E-state index contributed by atoms with van der Waals surface area (Å²) in [6.07, 6.45) is 10.8. The Kier molecular flexibility index (Phi) is 1.90. The predicted octanol–water partition coefficient (Wildman–Crippen LogP) is 4.31. The van der Waals surface area contributed by atoms with Crippen molar-refractivity contribution in [3.8, 4) is 0 Å². The topological polar surface area (TPSA) is 0 Å². The third-order valence-corrected chi connectivity index (χ3v) is 5.45. The van der Waals surface area contributed by atoms with Crippen molar-refractivity contribution in [1.82, 2.24) is 0 Å². The van der Waals surface area contributed by atoms with Gasteiger partial charge in [0.25, 0.3) is 0 Å². The summed E-state index contributed by atoms with van der Waals surface area (Å²) in [7, 11) is 0. The Morgan fingerprint density at radius 1 is 1.29 bits per heavy atom. The Bertz CT molecular complexity index is 509. The van der Waals surface area contributed by atoms with Gasteiger partial charge in [0.15, 0.2) is 0 Å². The van der Waals surface area contributed by atoms with E-state index in [1.165, 1.54) is 38.5 Å². The van der Waals surface area contributed by atoms with Crippen molar-refractivity contribution in [2.75, 3.05) is 0 Å². The average Bonchev–Trinajstić information content (AvgIpc) is 2.90. The van der Waals surface area contributed by atoms with Crippen molar-refractivity contribution in [1.29, 1.82) is 0 Å². The van der Waals surface area contributed by atoms with Crippen LogP contribution in [0.3, 0.4) is 0 Å². The van der Waals surface area contributed by atoms with E-state index in [1.54, 1.807) is 22.3 Å². The monoisotopic (exact) mass is 224 g/mol. The predicted molar refractivity (Wildman–Crippen MR) is 71.2 cm³/mol. The molecule has 0 saturated heterocycles. The first-order valence-electron chi connectivity index (χ1n) is 7.06. The minimum atomic E-state index is 0.545. The summed E-state index contributed by atoms with van der Waals surface area (Å²) >= 11 is 0. The van der Waals surface area contributed by atoms with Gasteiger partial charge in [-0.25, -0.2) is 0 Å². The van der Waals surface area contributed by atoms with Crippen molar-refractivity contribution in [2.45, 2.75) is 50.9 Å². The SMILES string of the molecule is Cc1cccc2c1C1(CCC2)CC2=CCC1C2. The number of aryl methyl sites for hydroxylation is 2. The van der Waals surface area contributed by atoms with Crippen molar-refractivity contribution < 1.29 is 0 Å². The molecule has 0 aromatic heterocycles. The minimum Gasteiger partial charge on any atom is -0.0850 e. The Morgan fingerprint density at radius 3 is 3.00 bits per heavy atom. The number of hydrogen-bond acceptors (Lipinski definition) is 0. The summed E-state index contributed by atoms with van der Waals surface area (Å²) in [6, 6.07) is 6.95. The molecular weight excluding hydrogens is 204 g/mol. The van der Waals surface area contributed by atoms with E-state index in [4.69, 9.17) is 0 Å². The molecule has 0 N–H and O–H groups in total. The molecule has 1 aromatic rings. The highest BCUT2D eigenvalue weighted by atomic mass is 14.5. The molecule has 3 aliphatic rings. The summed E-state index contributed by atoms with van der Waals surface area (Å²) in [5.41, 5.74) is 7.26. The van der Waals surface area contributed by atoms with Crippen LogP contribution in [0.2, 0.25) is 0 Å². The van der Waals surface area contributed by atoms with E-state index in [0.717, 1.165) is 5.92 Å². The second-order valence-electron chi connectivity index (χ2n) is 6.29. The summed E-state index contributed by atoms with van der Waals surface area (Å²) in [5.74, 6) is 0.928. The van der Waals surface area contributed by atoms with Gasteiger partial charge < -0.3 is 0 Å². The Labute approximate surface area is 104 Å². The zero-order valence-electron chi connectivity index (χ0n) is 10.6. The van der Waals surface area contributed by atoms with E-state index in [1.807, 2.05) is 0 Å². The van der Waals surface area contributed by atoms with Gasteiger partial charge >= 0.3 is 0 Å². The molecule has 0 radical (unpaired) electrons. The smallest absolute Gasteiger partial charge is 0.00298 e. The van der Waals surface area contributed by atoms with E-state index in [0.29, 0.717) is 5.41 Å². The molecule has 3 aliphatic carbocycles. The highest BCUT2D eigenvalue weighted by Gasteiger charge is 2.50. The first-order chi connectivity index (χ1) is 8.29. The lowest BCUT2D eigenvalue weighted by Crippen LogP contribution is -2.36. The van der Waals surface area contributed by atoms with Crippen molar-refractivity contribution in [2.24, 2.45) is 5.92 Å². The number of fused-ring (bicyclic) bond motifs is 5. The molecule has 2 atom stereocenters. The molecule has 0 amide bonds. The van der Waals surface area contributed by atoms with Gasteiger partial charge in [0, 0.05) is 5.41 Å². The van der Waals surface area contributed by atoms with Crippen LogP contribution in [0.15, 0.2) is 29.8 Å². The number of hydrogen-bond donors (Lipinski definition) is 0. The number of allylic oxidation sites excluding steroid dienone is 2. The third kappa shape index (κ3) is 1.19. The quantitative estimate of drug-likeness (QED) is 0.576. The summed E-state index contributed by atoms with van der Waals surface area (Å²) in [5, 5.41) is 0. The van der Waals surface area contributed by atoms with Crippen LogP contribution in [-0.2, 0) is 11.8 Å². The zero-order chi connectivity index (χ0) is 11.5. The molecule has 0 aliphatic heterocycles. The maximum Gasteiger partial charge on any atom is 0.00298 e. The standard InChI is InChI=1S/C17H20/c1-12-4-2-5-14-6-3-9-17(16(12)14)11-13-7-8-15(17)10-13/h2,4-5,7,15H,3,6,8-11H2,1H3. The van der Waals surface area contributed by atoms with Crippen LogP contribution < -0.4 is 0 Å². The van der Waals surface area contributed by atoms with Gasteiger partial charge in [-0.2, -0.15) is 0 Å². The van der Waals surface area contributed by atoms with Crippen molar-refractivity contribution >= 4 is 0 Å². The summed E-state index contributed by atoms with van der Waals surface area (Å²) in [6.45, 7) is 2.33. The van der Waals surface area contributed by atoms with Gasteiger partial charge in [0.05, 0.1) is 0 Å². The summed E-state index contributed by atoms with van der Waals surface area (Å²) in [4.78, 5) is 0. The molecule has 0 heterocycles. The number of rotatable bonds is 0. The van der Waals surface area contributed by atoms with Crippen molar-refractivity contribution in [3.05, 3.63) is 46.5 Å². The lowest BCUT2D eigenvalue weighted by molar-refractivity contribution is 0.268. The fourth-order valence-electron chi connectivity index (χ4n) is 4.86. The highest BCUT2D eigenvalue weighted by Crippen LogP contribution is 2.59. The Balaban J connectivity index is 1.94. The molecule has 17 heavy (non-hydrogen) atoms. The average molecular weight is 224 g/mol. The molecular formula is C17H20. The molecule has 1 spiro atoms. The van der Waals surface area contributed by atoms with Crippen LogP contribution in [0, 0.1) is 12.8 Å². The second kappa shape index (κ2) is 3.25. The molecule has 2 unspecified atom stereocenters. The zero-order valence-corrected chi connectivity index (χ0v) is 10.6. The van der Waals surface area contributed by atoms with Gasteiger partial charge in [-0.1, -0.05) is 29.8 Å². The maximum absolute atomic E-state index is 2.52. The first kappa shape index (κ1) is 9.94. The molecule has 4 rings (SSSR count). The summed E-state index contributed by atoms with van der Waals surface area (Å²) < 4.78 is 0. The molecule has 1 aromatic carbocycles. The molecule has 0 nitrogen and oxygen atoms in total. The normalized spacial score (nSPS) is 33.9. The third-order valence-electron chi connectivity index (χ3n) is 5.45. The van der Waals surface area contributed by atoms with E-state index in [2.05, 4.69) is 31.2 Å². The fourth-order valence-corrected chi connectivity index (χ4v) is 4.86. The molecule has 1 fully saturated rings. The van der Waals surface area contributed by atoms with Crippen LogP contribution >= 0.6 is 0 Å². The Morgan fingerprint density at radius 2 is 2.24 bits per heavy atom. The van der Waals surface area contributed by atoms with Gasteiger partial charge in [-0.05, 0) is 68.1 Å². The van der Waals surface area contributed by atoms with Gasteiger partial charge in [-0.15, -0.1) is 0 Å². The van der Waals surface area contributed by atoms with Crippen molar-refractivity contribution in [3.63, 3.8) is 0 Å². The van der Waals surface area contributed by atoms with E-state index < -0.39 is 0 Å². The van der Waals surface area contributed by atoms with Crippen LogP contribution in [0.4, 0.5) is 0 Å². The van der Waals surface area contributed by atoms with Crippen LogP contribution in [0.1, 0.15) is 48.8 Å². The van der Waals surface area contributed by atoms with Crippen LogP contribution in [0.5, 0.6) is 0 Å². The highest BCUT2D eigenvalue weighted by molar-refractivity contribution is 5.47. The van der Waals surface area contributed by atoms with E-state index in [-0.39, 0.29) is 0 Å². The number of benzene rings is 1. The Hall–Kier alpha value is -1.04. The molecule has 88 valence electrons. The van der Waals surface area contributed by atoms with Crippen LogP contribution in [-0.4, -0.2) is 0 Å². The minimum absolute atomic E-state index is 0.545. The lowest BCUT2D eigenvalue weighted by Gasteiger charge is -2.42. The fraction of sp³-hybridized carbons (Fsp3) is 0.529. The van der Waals surface area contributed by atoms with E-state index in [9.17, 15) is 0 Å². The first-order valence-corrected chi connectivity index (χ1v) is 7.06. The largest absolute Gasteiger partial charge is 0.0850 e. The van der Waals surface area contributed by atoms with E-state index >= 15 is 0 Å². The second-order valence-corrected chi connectivity index (χ2v) is 6.29. The van der Waals surface area contributed by atoms with Gasteiger partial charge in [-0.3, -0.25) is 0 Å². The van der Waals surface area contributed by atoms with Gasteiger partial charge in [0.2, 0.25) is 0 Å². The molecule has 2 bridgehead atoms. The molecule has 1 saturated carbocycles. The lowest BCUT2D eigenvalue weighted by atomic mass is 9.61. The molecule has 0 heteroatoms. The maximum atomic E-state index is 2.52.